The fraction of sp³-hybridized carbons (Fsp3) is 1.00. The van der Waals surface area contributed by atoms with Crippen molar-refractivity contribution in [2.75, 3.05) is 26.7 Å². The molecule has 1 atom stereocenters. The van der Waals surface area contributed by atoms with Gasteiger partial charge in [0.2, 0.25) is 0 Å². The van der Waals surface area contributed by atoms with Crippen LogP contribution in [0.4, 0.5) is 0 Å². The van der Waals surface area contributed by atoms with E-state index < -0.39 is 0 Å². The van der Waals surface area contributed by atoms with Crippen molar-refractivity contribution in [2.24, 2.45) is 5.73 Å². The van der Waals surface area contributed by atoms with E-state index in [2.05, 4.69) is 18.9 Å². The van der Waals surface area contributed by atoms with Gasteiger partial charge in [-0.15, -0.1) is 0 Å². The Morgan fingerprint density at radius 1 is 1.43 bits per heavy atom. The van der Waals surface area contributed by atoms with Gasteiger partial charge < -0.3 is 15.4 Å². The molecule has 0 saturated carbocycles. The van der Waals surface area contributed by atoms with E-state index in [-0.39, 0.29) is 0 Å². The second-order valence-corrected chi connectivity index (χ2v) is 4.38. The van der Waals surface area contributed by atoms with Crippen LogP contribution in [-0.2, 0) is 4.74 Å². The van der Waals surface area contributed by atoms with Crippen LogP contribution in [-0.4, -0.2) is 43.8 Å². The molecule has 0 aliphatic carbocycles. The molecule has 0 radical (unpaired) electrons. The van der Waals surface area contributed by atoms with Crippen LogP contribution in [0.15, 0.2) is 0 Å². The summed E-state index contributed by atoms with van der Waals surface area (Å²) in [7, 11) is 2.17. The van der Waals surface area contributed by atoms with Gasteiger partial charge in [-0.3, -0.25) is 0 Å². The van der Waals surface area contributed by atoms with Gasteiger partial charge in [-0.1, -0.05) is 0 Å². The first-order valence-electron chi connectivity index (χ1n) is 5.76. The number of piperidine rings is 1. The van der Waals surface area contributed by atoms with Crippen molar-refractivity contribution in [1.82, 2.24) is 4.90 Å². The zero-order valence-corrected chi connectivity index (χ0v) is 9.54. The highest BCUT2D eigenvalue weighted by Gasteiger charge is 2.18. The lowest BCUT2D eigenvalue weighted by molar-refractivity contribution is -0.0347. The Kier molecular flexibility index (Phi) is 5.45. The third kappa shape index (κ3) is 4.40. The van der Waals surface area contributed by atoms with Crippen molar-refractivity contribution in [3.63, 3.8) is 0 Å². The van der Waals surface area contributed by atoms with Crippen molar-refractivity contribution in [2.45, 2.75) is 44.8 Å². The fourth-order valence-corrected chi connectivity index (χ4v) is 1.92. The van der Waals surface area contributed by atoms with E-state index >= 15 is 0 Å². The summed E-state index contributed by atoms with van der Waals surface area (Å²) in [4.78, 5) is 2.37. The summed E-state index contributed by atoms with van der Waals surface area (Å²) < 4.78 is 5.96. The van der Waals surface area contributed by atoms with Crippen molar-refractivity contribution < 1.29 is 4.74 Å². The predicted octanol–water partition coefficient (Wildman–Crippen LogP) is 1.22. The minimum Gasteiger partial charge on any atom is -0.375 e. The molecule has 1 aliphatic rings. The molecule has 0 aromatic rings. The first kappa shape index (κ1) is 12.0. The topological polar surface area (TPSA) is 38.5 Å². The Balaban J connectivity index is 2.10. The van der Waals surface area contributed by atoms with Crippen molar-refractivity contribution in [3.05, 3.63) is 0 Å². The summed E-state index contributed by atoms with van der Waals surface area (Å²) in [6, 6.07) is 0. The molecule has 0 spiro atoms. The minimum atomic E-state index is 0.381. The van der Waals surface area contributed by atoms with Crippen molar-refractivity contribution in [1.29, 1.82) is 0 Å². The van der Waals surface area contributed by atoms with Gasteiger partial charge in [0, 0.05) is 13.1 Å². The number of nitrogens with zero attached hydrogens (tertiary/aromatic N) is 1. The molecule has 0 bridgehead atoms. The zero-order chi connectivity index (χ0) is 10.4. The molecule has 0 amide bonds. The van der Waals surface area contributed by atoms with Gasteiger partial charge in [0.05, 0.1) is 12.2 Å². The molecule has 1 aliphatic heterocycles. The summed E-state index contributed by atoms with van der Waals surface area (Å²) >= 11 is 0. The second-order valence-electron chi connectivity index (χ2n) is 4.38. The second kappa shape index (κ2) is 6.38. The van der Waals surface area contributed by atoms with Gasteiger partial charge in [-0.2, -0.15) is 0 Å². The number of rotatable bonds is 5. The molecule has 2 N–H and O–H groups in total. The molecule has 14 heavy (non-hydrogen) atoms. The van der Waals surface area contributed by atoms with E-state index in [1.54, 1.807) is 0 Å². The van der Waals surface area contributed by atoms with Crippen LogP contribution >= 0.6 is 0 Å². The molecule has 84 valence electrons. The first-order valence-corrected chi connectivity index (χ1v) is 5.76. The van der Waals surface area contributed by atoms with Crippen LogP contribution in [0.1, 0.15) is 32.6 Å². The molecule has 1 fully saturated rings. The summed E-state index contributed by atoms with van der Waals surface area (Å²) in [6.45, 7) is 5.29. The lowest BCUT2D eigenvalue weighted by atomic mass is 10.1. The van der Waals surface area contributed by atoms with Gasteiger partial charge in [-0.25, -0.2) is 0 Å². The van der Waals surface area contributed by atoms with Gasteiger partial charge in [-0.05, 0) is 46.2 Å². The molecule has 3 heteroatoms. The summed E-state index contributed by atoms with van der Waals surface area (Å²) in [5, 5.41) is 0. The van der Waals surface area contributed by atoms with Gasteiger partial charge in [0.1, 0.15) is 0 Å². The predicted molar refractivity (Wildman–Crippen MR) is 59.4 cm³/mol. The Morgan fingerprint density at radius 2 is 2.07 bits per heavy atom. The van der Waals surface area contributed by atoms with E-state index in [4.69, 9.17) is 10.5 Å². The van der Waals surface area contributed by atoms with Gasteiger partial charge in [0.15, 0.2) is 0 Å². The van der Waals surface area contributed by atoms with Crippen LogP contribution in [0.25, 0.3) is 0 Å². The molecular weight excluding hydrogens is 176 g/mol. The minimum absolute atomic E-state index is 0.381. The molecule has 1 heterocycles. The van der Waals surface area contributed by atoms with Crippen LogP contribution in [0.3, 0.4) is 0 Å². The standard InChI is InChI=1S/C11H24N2O/c1-10(4-3-7-12)14-11-5-8-13(2)9-6-11/h10-11H,3-9,12H2,1-2H3. The molecule has 3 nitrogen and oxygen atoms in total. The highest BCUT2D eigenvalue weighted by molar-refractivity contribution is 4.71. The largest absolute Gasteiger partial charge is 0.375 e. The van der Waals surface area contributed by atoms with Crippen molar-refractivity contribution in [3.8, 4) is 0 Å². The van der Waals surface area contributed by atoms with E-state index in [0.717, 1.165) is 19.4 Å². The normalized spacial score (nSPS) is 22.5. The number of hydrogen-bond donors (Lipinski definition) is 1. The maximum Gasteiger partial charge on any atom is 0.0603 e. The van der Waals surface area contributed by atoms with E-state index in [1.165, 1.54) is 25.9 Å². The number of likely N-dealkylation sites (tertiary alicyclic amines) is 1. The van der Waals surface area contributed by atoms with Crippen LogP contribution in [0, 0.1) is 0 Å². The van der Waals surface area contributed by atoms with E-state index in [0.29, 0.717) is 12.2 Å². The maximum absolute atomic E-state index is 5.96. The lowest BCUT2D eigenvalue weighted by Crippen LogP contribution is -2.35. The molecular formula is C11H24N2O. The molecule has 1 unspecified atom stereocenters. The average Bonchev–Trinajstić information content (AvgIpc) is 2.18. The summed E-state index contributed by atoms with van der Waals surface area (Å²) in [5.41, 5.74) is 5.47. The highest BCUT2D eigenvalue weighted by atomic mass is 16.5. The first-order chi connectivity index (χ1) is 6.72. The van der Waals surface area contributed by atoms with E-state index in [9.17, 15) is 0 Å². The van der Waals surface area contributed by atoms with Gasteiger partial charge >= 0.3 is 0 Å². The third-order valence-electron chi connectivity index (χ3n) is 2.91. The molecule has 0 aromatic heterocycles. The lowest BCUT2D eigenvalue weighted by Gasteiger charge is -2.30. The fourth-order valence-electron chi connectivity index (χ4n) is 1.92. The molecule has 1 rings (SSSR count). The van der Waals surface area contributed by atoms with Gasteiger partial charge in [0.25, 0.3) is 0 Å². The Bertz CT molecular complexity index is 144. The Labute approximate surface area is 87.6 Å². The van der Waals surface area contributed by atoms with E-state index in [1.807, 2.05) is 0 Å². The van der Waals surface area contributed by atoms with Crippen LogP contribution in [0.2, 0.25) is 0 Å². The number of hydrogen-bond acceptors (Lipinski definition) is 3. The SMILES string of the molecule is CC(CCCN)OC1CCN(C)CC1. The monoisotopic (exact) mass is 200 g/mol. The quantitative estimate of drug-likeness (QED) is 0.725. The third-order valence-corrected chi connectivity index (χ3v) is 2.91. The Hall–Kier alpha value is -0.120. The smallest absolute Gasteiger partial charge is 0.0603 e. The average molecular weight is 200 g/mol. The Morgan fingerprint density at radius 3 is 2.64 bits per heavy atom. The molecule has 0 aromatic carbocycles. The van der Waals surface area contributed by atoms with Crippen LogP contribution in [0.5, 0.6) is 0 Å². The summed E-state index contributed by atoms with van der Waals surface area (Å²) in [5.74, 6) is 0. The zero-order valence-electron chi connectivity index (χ0n) is 9.54. The highest BCUT2D eigenvalue weighted by Crippen LogP contribution is 2.15. The summed E-state index contributed by atoms with van der Waals surface area (Å²) in [6.07, 6.45) is 5.41. The number of nitrogens with two attached hydrogens (primary N) is 1. The number of ether oxygens (including phenoxy) is 1. The maximum atomic E-state index is 5.96. The van der Waals surface area contributed by atoms with Crippen LogP contribution < -0.4 is 5.73 Å². The molecule has 1 saturated heterocycles. The van der Waals surface area contributed by atoms with Crippen molar-refractivity contribution >= 4 is 0 Å².